The summed E-state index contributed by atoms with van der Waals surface area (Å²) >= 11 is 0. The Hall–Kier alpha value is -1.10. The molecule has 7 rings (SSSR count). The first-order chi connectivity index (χ1) is 17.2. The van der Waals surface area contributed by atoms with Gasteiger partial charge in [0.25, 0.3) is 0 Å². The molecule has 7 fully saturated rings. The van der Waals surface area contributed by atoms with Gasteiger partial charge in [-0.3, -0.25) is 9.59 Å². The van der Waals surface area contributed by atoms with E-state index in [1.807, 2.05) is 6.92 Å². The zero-order valence-electron chi connectivity index (χ0n) is 24.2. The molecule has 11 atom stereocenters. The van der Waals surface area contributed by atoms with Gasteiger partial charge >= 0.3 is 11.9 Å². The van der Waals surface area contributed by atoms with Crippen molar-refractivity contribution in [1.82, 2.24) is 0 Å². The van der Waals surface area contributed by atoms with Crippen LogP contribution in [0.3, 0.4) is 0 Å². The molecular weight excluding hydrogens is 464 g/mol. The molecule has 2 heterocycles. The molecule has 5 saturated carbocycles. The highest BCUT2D eigenvalue weighted by atomic mass is 16.7. The van der Waals surface area contributed by atoms with Crippen LogP contribution < -0.4 is 0 Å². The molecule has 0 aromatic heterocycles. The minimum Gasteiger partial charge on any atom is -0.462 e. The SMILES string of the molecule is CC(=O)O[C@@H]1CC[C@]23C[C@]24CC[C@@]2(C)[C@@](C)(CC[C@@]25O[C@]2(CC(C)C(=O)O2)C[C@H]5C)[C@@H]4CC[C@H]3C1(C)C. The van der Waals surface area contributed by atoms with Crippen molar-refractivity contribution in [3.63, 3.8) is 0 Å². The Balaban J connectivity index is 1.21. The summed E-state index contributed by atoms with van der Waals surface area (Å²) in [6.07, 6.45) is 12.6. The van der Waals surface area contributed by atoms with Crippen molar-refractivity contribution >= 4 is 11.9 Å². The van der Waals surface area contributed by atoms with Crippen LogP contribution >= 0.6 is 0 Å². The Labute approximate surface area is 223 Å². The van der Waals surface area contributed by atoms with Gasteiger partial charge in [-0.15, -0.1) is 0 Å². The van der Waals surface area contributed by atoms with Crippen molar-refractivity contribution in [2.45, 2.75) is 137 Å². The topological polar surface area (TPSA) is 61.8 Å². The van der Waals surface area contributed by atoms with Crippen LogP contribution in [0.5, 0.6) is 0 Å². The summed E-state index contributed by atoms with van der Waals surface area (Å²) in [6, 6.07) is 0. The van der Waals surface area contributed by atoms with Gasteiger partial charge in [-0.1, -0.05) is 41.5 Å². The molecule has 206 valence electrons. The van der Waals surface area contributed by atoms with E-state index in [-0.39, 0.29) is 45.8 Å². The molecule has 7 aliphatic rings. The van der Waals surface area contributed by atoms with Gasteiger partial charge in [0.15, 0.2) is 0 Å². The molecule has 5 heteroatoms. The first-order valence-corrected chi connectivity index (χ1v) is 15.3. The van der Waals surface area contributed by atoms with E-state index in [4.69, 9.17) is 14.2 Å². The van der Waals surface area contributed by atoms with Crippen molar-refractivity contribution in [2.24, 2.45) is 50.7 Å². The van der Waals surface area contributed by atoms with Gasteiger partial charge in [-0.05, 0) is 91.8 Å². The number of carbonyl (C=O) groups is 2. The highest BCUT2D eigenvalue weighted by Crippen LogP contribution is 2.90. The lowest BCUT2D eigenvalue weighted by molar-refractivity contribution is -0.269. The fourth-order valence-electron chi connectivity index (χ4n) is 12.9. The summed E-state index contributed by atoms with van der Waals surface area (Å²) < 4.78 is 19.1. The molecule has 5 aliphatic carbocycles. The molecule has 2 aliphatic heterocycles. The average molecular weight is 513 g/mol. The quantitative estimate of drug-likeness (QED) is 0.361. The van der Waals surface area contributed by atoms with Gasteiger partial charge in [0.2, 0.25) is 5.79 Å². The van der Waals surface area contributed by atoms with Crippen LogP contribution in [0.1, 0.15) is 119 Å². The van der Waals surface area contributed by atoms with Crippen LogP contribution in [0.4, 0.5) is 0 Å². The molecule has 0 aromatic rings. The van der Waals surface area contributed by atoms with Crippen molar-refractivity contribution < 1.29 is 23.8 Å². The van der Waals surface area contributed by atoms with E-state index < -0.39 is 5.79 Å². The Kier molecular flexibility index (Phi) is 4.69. The lowest BCUT2D eigenvalue weighted by atomic mass is 9.41. The predicted molar refractivity (Wildman–Crippen MR) is 139 cm³/mol. The van der Waals surface area contributed by atoms with Gasteiger partial charge in [0, 0.05) is 30.6 Å². The summed E-state index contributed by atoms with van der Waals surface area (Å²) in [5.74, 6) is 0.796. The standard InChI is InChI=1S/C32H48O5/c1-19-16-31(36-25(19)34)17-20(2)32(37-31)15-12-27(6)23-9-8-22-26(4,5)24(35-21(3)33)10-11-29(22)18-30(23,29)14-13-28(27,32)7/h19-20,22-24H,8-18H2,1-7H3/t19?,20-,22+,23+,24-,27+,28+,29-,30+,31-,32+/m1/s1. The fraction of sp³-hybridized carbons (Fsp3) is 0.938. The number of ether oxygens (including phenoxy) is 3. The number of esters is 2. The van der Waals surface area contributed by atoms with Gasteiger partial charge in [0.1, 0.15) is 6.10 Å². The maximum absolute atomic E-state index is 12.4. The first kappa shape index (κ1) is 24.9. The third-order valence-electron chi connectivity index (χ3n) is 14.6. The molecule has 0 N–H and O–H groups in total. The Morgan fingerprint density at radius 2 is 1.59 bits per heavy atom. The third kappa shape index (κ3) is 2.63. The number of fused-ring (bicyclic) bond motifs is 3. The van der Waals surface area contributed by atoms with Crippen molar-refractivity contribution in [3.8, 4) is 0 Å². The maximum atomic E-state index is 12.4. The van der Waals surface area contributed by atoms with Crippen LogP contribution in [0, 0.1) is 50.7 Å². The highest BCUT2D eigenvalue weighted by Gasteiger charge is 2.85. The van der Waals surface area contributed by atoms with Crippen LogP contribution in [0.25, 0.3) is 0 Å². The highest BCUT2D eigenvalue weighted by molar-refractivity contribution is 5.74. The smallest absolute Gasteiger partial charge is 0.311 e. The van der Waals surface area contributed by atoms with Gasteiger partial charge in [-0.25, -0.2) is 0 Å². The van der Waals surface area contributed by atoms with E-state index in [9.17, 15) is 9.59 Å². The van der Waals surface area contributed by atoms with Crippen LogP contribution in [0.2, 0.25) is 0 Å². The zero-order valence-corrected chi connectivity index (χ0v) is 24.2. The van der Waals surface area contributed by atoms with E-state index >= 15 is 0 Å². The van der Waals surface area contributed by atoms with Crippen molar-refractivity contribution in [2.75, 3.05) is 0 Å². The second-order valence-electron chi connectivity index (χ2n) is 15.9. The summed E-state index contributed by atoms with van der Waals surface area (Å²) in [5, 5.41) is 0. The largest absolute Gasteiger partial charge is 0.462 e. The van der Waals surface area contributed by atoms with E-state index in [0.29, 0.717) is 29.1 Å². The molecule has 0 radical (unpaired) electrons. The maximum Gasteiger partial charge on any atom is 0.311 e. The number of carbonyl (C=O) groups excluding carboxylic acids is 2. The predicted octanol–water partition coefficient (Wildman–Crippen LogP) is 6.82. The molecule has 4 spiro atoms. The Morgan fingerprint density at radius 3 is 2.27 bits per heavy atom. The van der Waals surface area contributed by atoms with E-state index in [2.05, 4.69) is 34.6 Å². The molecule has 0 amide bonds. The average Bonchev–Trinajstić information content (AvgIpc) is 3.16. The fourth-order valence-corrected chi connectivity index (χ4v) is 12.9. The number of hydrogen-bond acceptors (Lipinski definition) is 5. The van der Waals surface area contributed by atoms with Crippen LogP contribution in [0.15, 0.2) is 0 Å². The third-order valence-corrected chi connectivity index (χ3v) is 14.6. The normalized spacial score (nSPS) is 58.9. The van der Waals surface area contributed by atoms with Crippen LogP contribution in [-0.4, -0.2) is 29.4 Å². The molecule has 37 heavy (non-hydrogen) atoms. The second-order valence-corrected chi connectivity index (χ2v) is 15.9. The summed E-state index contributed by atoms with van der Waals surface area (Å²) in [4.78, 5) is 24.3. The summed E-state index contributed by atoms with van der Waals surface area (Å²) in [5.41, 5.74) is 1.05. The minimum absolute atomic E-state index is 0.0371. The van der Waals surface area contributed by atoms with E-state index in [0.717, 1.165) is 25.2 Å². The van der Waals surface area contributed by atoms with Crippen LogP contribution in [-0.2, 0) is 23.8 Å². The van der Waals surface area contributed by atoms with Gasteiger partial charge < -0.3 is 14.2 Å². The summed E-state index contributed by atoms with van der Waals surface area (Å²) in [6.45, 7) is 15.9. The summed E-state index contributed by atoms with van der Waals surface area (Å²) in [7, 11) is 0. The number of rotatable bonds is 1. The molecule has 0 bridgehead atoms. The van der Waals surface area contributed by atoms with E-state index in [1.165, 1.54) is 44.9 Å². The Bertz CT molecular complexity index is 1070. The molecule has 5 nitrogen and oxygen atoms in total. The first-order valence-electron chi connectivity index (χ1n) is 15.3. The zero-order chi connectivity index (χ0) is 26.4. The molecule has 0 aromatic carbocycles. The minimum atomic E-state index is -0.698. The second kappa shape index (κ2) is 6.96. The lowest BCUT2D eigenvalue weighted by Gasteiger charge is -2.64. The van der Waals surface area contributed by atoms with E-state index in [1.54, 1.807) is 6.92 Å². The Morgan fingerprint density at radius 1 is 0.892 bits per heavy atom. The van der Waals surface area contributed by atoms with Crippen molar-refractivity contribution in [3.05, 3.63) is 0 Å². The monoisotopic (exact) mass is 512 g/mol. The van der Waals surface area contributed by atoms with Crippen molar-refractivity contribution in [1.29, 1.82) is 0 Å². The van der Waals surface area contributed by atoms with Gasteiger partial charge in [-0.2, -0.15) is 0 Å². The van der Waals surface area contributed by atoms with Gasteiger partial charge in [0.05, 0.1) is 11.5 Å². The number of hydrogen-bond donors (Lipinski definition) is 0. The lowest BCUT2D eigenvalue weighted by Crippen LogP contribution is -2.61. The molecule has 1 unspecified atom stereocenters. The molecular formula is C32H48O5. The molecule has 2 saturated heterocycles.